The second-order valence-electron chi connectivity index (χ2n) is 6.61. The number of amides is 1. The summed E-state index contributed by atoms with van der Waals surface area (Å²) in [5.74, 6) is 0.0124. The number of carbonyl (C=O) groups excluding carboxylic acids is 2. The van der Waals surface area contributed by atoms with Gasteiger partial charge in [0.1, 0.15) is 11.1 Å². The van der Waals surface area contributed by atoms with E-state index in [9.17, 15) is 14.9 Å². The highest BCUT2D eigenvalue weighted by molar-refractivity contribution is 7.99. The first-order chi connectivity index (χ1) is 12.7. The van der Waals surface area contributed by atoms with Crippen molar-refractivity contribution in [2.45, 2.75) is 39.3 Å². The molecule has 1 aromatic heterocycles. The quantitative estimate of drug-likeness (QED) is 0.561. The molecule has 2 aromatic rings. The molecule has 140 valence electrons. The Labute approximate surface area is 164 Å². The van der Waals surface area contributed by atoms with Crippen molar-refractivity contribution in [1.29, 1.82) is 5.26 Å². The average Bonchev–Trinajstić information content (AvgIpc) is 2.61. The third-order valence-electron chi connectivity index (χ3n) is 4.34. The monoisotopic (exact) mass is 381 g/mol. The smallest absolute Gasteiger partial charge is 0.233 e. The summed E-state index contributed by atoms with van der Waals surface area (Å²) in [5.41, 5.74) is 4.79. The lowest BCUT2D eigenvalue weighted by Crippen LogP contribution is -2.28. The number of hydrogen-bond acceptors (Lipinski definition) is 5. The molecule has 0 aliphatic heterocycles. The lowest BCUT2D eigenvalue weighted by Gasteiger charge is -2.19. The number of benzene rings is 1. The SMILES string of the molecule is CC(=O)c1cc(C#N)c(SCC(=O)N(C)Cc2ccc(C)cc2C)nc1C. The van der Waals surface area contributed by atoms with Crippen LogP contribution in [0.25, 0.3) is 0 Å². The van der Waals surface area contributed by atoms with Crippen LogP contribution in [0.4, 0.5) is 0 Å². The van der Waals surface area contributed by atoms with Crippen molar-refractivity contribution in [2.75, 3.05) is 12.8 Å². The number of carbonyl (C=O) groups is 2. The van der Waals surface area contributed by atoms with Crippen molar-refractivity contribution in [3.8, 4) is 6.07 Å². The third-order valence-corrected chi connectivity index (χ3v) is 5.32. The van der Waals surface area contributed by atoms with E-state index >= 15 is 0 Å². The first kappa shape index (κ1) is 20.7. The Morgan fingerprint density at radius 2 is 1.93 bits per heavy atom. The fraction of sp³-hybridized carbons (Fsp3) is 0.333. The first-order valence-electron chi connectivity index (χ1n) is 8.58. The molecule has 5 nitrogen and oxygen atoms in total. The molecule has 2 rings (SSSR count). The Kier molecular flexibility index (Phi) is 6.75. The fourth-order valence-electron chi connectivity index (χ4n) is 2.74. The van der Waals surface area contributed by atoms with Crippen molar-refractivity contribution >= 4 is 23.5 Å². The van der Waals surface area contributed by atoms with E-state index < -0.39 is 0 Å². The third kappa shape index (κ3) is 5.18. The van der Waals surface area contributed by atoms with Crippen LogP contribution in [0.3, 0.4) is 0 Å². The van der Waals surface area contributed by atoms with Crippen molar-refractivity contribution in [1.82, 2.24) is 9.88 Å². The maximum atomic E-state index is 12.5. The van der Waals surface area contributed by atoms with E-state index in [0.29, 0.717) is 28.4 Å². The molecule has 27 heavy (non-hydrogen) atoms. The van der Waals surface area contributed by atoms with E-state index in [1.54, 1.807) is 24.9 Å². The number of aryl methyl sites for hydroxylation is 3. The number of rotatable bonds is 6. The summed E-state index contributed by atoms with van der Waals surface area (Å²) in [6, 6.07) is 9.80. The molecule has 0 unspecified atom stereocenters. The van der Waals surface area contributed by atoms with Crippen molar-refractivity contribution in [3.05, 3.63) is 57.8 Å². The van der Waals surface area contributed by atoms with Gasteiger partial charge in [0.25, 0.3) is 0 Å². The van der Waals surface area contributed by atoms with Gasteiger partial charge in [0, 0.05) is 24.8 Å². The maximum absolute atomic E-state index is 12.5. The van der Waals surface area contributed by atoms with Gasteiger partial charge in [-0.05, 0) is 44.9 Å². The average molecular weight is 382 g/mol. The van der Waals surface area contributed by atoms with Crippen LogP contribution in [0.5, 0.6) is 0 Å². The van der Waals surface area contributed by atoms with Gasteiger partial charge in [0.05, 0.1) is 11.3 Å². The maximum Gasteiger partial charge on any atom is 0.233 e. The lowest BCUT2D eigenvalue weighted by molar-refractivity contribution is -0.127. The normalized spacial score (nSPS) is 10.4. The summed E-state index contributed by atoms with van der Waals surface area (Å²) in [6.45, 7) is 7.80. The summed E-state index contributed by atoms with van der Waals surface area (Å²) in [4.78, 5) is 30.1. The summed E-state index contributed by atoms with van der Waals surface area (Å²) in [5, 5.41) is 9.81. The molecule has 0 spiro atoms. The molecule has 0 saturated carbocycles. The number of ketones is 1. The molecule has 0 fully saturated rings. The summed E-state index contributed by atoms with van der Waals surface area (Å²) in [7, 11) is 1.77. The predicted molar refractivity (Wildman–Crippen MR) is 107 cm³/mol. The molecule has 0 radical (unpaired) electrons. The van der Waals surface area contributed by atoms with Crippen LogP contribution in [0, 0.1) is 32.1 Å². The van der Waals surface area contributed by atoms with E-state index in [4.69, 9.17) is 0 Å². The van der Waals surface area contributed by atoms with Gasteiger partial charge in [-0.1, -0.05) is 35.5 Å². The topological polar surface area (TPSA) is 74.1 Å². The highest BCUT2D eigenvalue weighted by atomic mass is 32.2. The van der Waals surface area contributed by atoms with Crippen LogP contribution < -0.4 is 0 Å². The van der Waals surface area contributed by atoms with Crippen LogP contribution in [0.2, 0.25) is 0 Å². The summed E-state index contributed by atoms with van der Waals surface area (Å²) >= 11 is 1.22. The molecule has 0 aliphatic rings. The van der Waals surface area contributed by atoms with Crippen molar-refractivity contribution in [3.63, 3.8) is 0 Å². The van der Waals surface area contributed by atoms with Gasteiger partial charge in [-0.3, -0.25) is 9.59 Å². The Morgan fingerprint density at radius 3 is 2.52 bits per heavy atom. The molecule has 0 bridgehead atoms. The molecule has 1 heterocycles. The predicted octanol–water partition coefficient (Wildman–Crippen LogP) is 3.83. The Hall–Kier alpha value is -2.65. The van der Waals surface area contributed by atoms with Crippen molar-refractivity contribution < 1.29 is 9.59 Å². The highest BCUT2D eigenvalue weighted by Gasteiger charge is 2.16. The number of nitriles is 1. The van der Waals surface area contributed by atoms with E-state index in [0.717, 1.165) is 11.1 Å². The van der Waals surface area contributed by atoms with Crippen LogP contribution in [0.1, 0.15) is 45.2 Å². The van der Waals surface area contributed by atoms with Crippen molar-refractivity contribution in [2.24, 2.45) is 0 Å². The van der Waals surface area contributed by atoms with Gasteiger partial charge in [0.2, 0.25) is 5.91 Å². The van der Waals surface area contributed by atoms with E-state index in [1.807, 2.05) is 26.0 Å². The number of pyridine rings is 1. The van der Waals surface area contributed by atoms with Crippen LogP contribution in [0.15, 0.2) is 29.3 Å². The van der Waals surface area contributed by atoms with Gasteiger partial charge < -0.3 is 4.90 Å². The second-order valence-corrected chi connectivity index (χ2v) is 7.57. The van der Waals surface area contributed by atoms with Crippen LogP contribution >= 0.6 is 11.8 Å². The summed E-state index contributed by atoms with van der Waals surface area (Å²) < 4.78 is 0. The number of thioether (sulfide) groups is 1. The Balaban J connectivity index is 2.07. The zero-order valence-corrected chi connectivity index (χ0v) is 17.1. The van der Waals surface area contributed by atoms with Crippen LogP contribution in [-0.2, 0) is 11.3 Å². The van der Waals surface area contributed by atoms with Gasteiger partial charge in [-0.25, -0.2) is 4.98 Å². The minimum Gasteiger partial charge on any atom is -0.341 e. The zero-order valence-electron chi connectivity index (χ0n) is 16.3. The largest absolute Gasteiger partial charge is 0.341 e. The minimum atomic E-state index is -0.127. The molecule has 0 aliphatic carbocycles. The molecule has 0 N–H and O–H groups in total. The first-order valence-corrected chi connectivity index (χ1v) is 9.57. The van der Waals surface area contributed by atoms with Crippen LogP contribution in [-0.4, -0.2) is 34.4 Å². The minimum absolute atomic E-state index is 0.0426. The number of Topliss-reactive ketones (excluding diaryl/α,β-unsaturated/α-hetero) is 1. The summed E-state index contributed by atoms with van der Waals surface area (Å²) in [6.07, 6.45) is 0. The highest BCUT2D eigenvalue weighted by Crippen LogP contribution is 2.23. The van der Waals surface area contributed by atoms with E-state index in [-0.39, 0.29) is 17.4 Å². The molecular formula is C21H23N3O2S. The molecule has 1 amide bonds. The number of aromatic nitrogens is 1. The second kappa shape index (κ2) is 8.83. The Bertz CT molecular complexity index is 932. The van der Waals surface area contributed by atoms with Gasteiger partial charge in [0.15, 0.2) is 5.78 Å². The molecule has 0 saturated heterocycles. The zero-order chi connectivity index (χ0) is 20.1. The lowest BCUT2D eigenvalue weighted by atomic mass is 10.1. The Morgan fingerprint density at radius 1 is 1.22 bits per heavy atom. The number of hydrogen-bond donors (Lipinski definition) is 0. The van der Waals surface area contributed by atoms with E-state index in [2.05, 4.69) is 17.1 Å². The molecular weight excluding hydrogens is 358 g/mol. The van der Waals surface area contributed by atoms with E-state index in [1.165, 1.54) is 24.2 Å². The van der Waals surface area contributed by atoms with Gasteiger partial charge >= 0.3 is 0 Å². The molecule has 0 atom stereocenters. The molecule has 1 aromatic carbocycles. The molecule has 6 heteroatoms. The standard InChI is InChI=1S/C21H23N3O2S/c1-13-6-7-17(14(2)8-13)11-24(5)20(26)12-27-21-18(10-22)9-19(16(4)25)15(3)23-21/h6-9H,11-12H2,1-5H3. The van der Waals surface area contributed by atoms with Gasteiger partial charge in [-0.2, -0.15) is 5.26 Å². The van der Waals surface area contributed by atoms with Gasteiger partial charge in [-0.15, -0.1) is 0 Å². The number of nitrogens with zero attached hydrogens (tertiary/aromatic N) is 3. The fourth-order valence-corrected chi connectivity index (χ4v) is 3.68.